The fraction of sp³-hybridized carbons (Fsp3) is 0.500. The highest BCUT2D eigenvalue weighted by Crippen LogP contribution is 2.25. The minimum Gasteiger partial charge on any atom is -0.497 e. The molecule has 0 spiro atoms. The molecule has 0 aliphatic rings. The summed E-state index contributed by atoms with van der Waals surface area (Å²) in [4.78, 5) is 10.6. The molecule has 1 aromatic rings. The largest absolute Gasteiger partial charge is 0.497 e. The van der Waals surface area contributed by atoms with Crippen LogP contribution in [0.2, 0.25) is 0 Å². The maximum Gasteiger partial charge on any atom is 0.329 e. The summed E-state index contributed by atoms with van der Waals surface area (Å²) < 4.78 is 37.7. The molecule has 9 heteroatoms. The van der Waals surface area contributed by atoms with Crippen LogP contribution in [0.1, 0.15) is 11.1 Å². The lowest BCUT2D eigenvalue weighted by molar-refractivity contribution is -0.142. The van der Waals surface area contributed by atoms with Crippen LogP contribution in [0.4, 0.5) is 0 Å². The molecular weight excluding hydrogens is 342 g/mol. The molecule has 0 saturated carbocycles. The number of ether oxygens (including phenoxy) is 2. The van der Waals surface area contributed by atoms with Crippen LogP contribution in [0.3, 0.4) is 0 Å². The molecule has 23 heavy (non-hydrogen) atoms. The van der Waals surface area contributed by atoms with Crippen LogP contribution in [-0.4, -0.2) is 51.6 Å². The molecule has 1 rings (SSSR count). The van der Waals surface area contributed by atoms with Gasteiger partial charge in [0.25, 0.3) is 0 Å². The summed E-state index contributed by atoms with van der Waals surface area (Å²) in [6.45, 7) is 2.79. The van der Waals surface area contributed by atoms with Crippen LogP contribution in [0, 0.1) is 13.8 Å². The van der Waals surface area contributed by atoms with Gasteiger partial charge in [-0.05, 0) is 37.1 Å². The van der Waals surface area contributed by atoms with E-state index in [4.69, 9.17) is 14.6 Å². The second-order valence-electron chi connectivity index (χ2n) is 5.00. The van der Waals surface area contributed by atoms with E-state index in [0.717, 1.165) is 0 Å². The molecule has 0 aromatic heterocycles. The molecule has 0 amide bonds. The molecule has 0 aliphatic carbocycles. The summed E-state index contributed by atoms with van der Waals surface area (Å²) in [7, 11) is -2.28. The first-order valence-corrected chi connectivity index (χ1v) is 8.90. The van der Waals surface area contributed by atoms with E-state index in [2.05, 4.69) is 17.4 Å². The average Bonchev–Trinajstić information content (AvgIpc) is 2.44. The van der Waals surface area contributed by atoms with Crippen LogP contribution < -0.4 is 9.46 Å². The van der Waals surface area contributed by atoms with E-state index in [1.54, 1.807) is 26.0 Å². The number of aliphatic carboxylic acids is 1. The van der Waals surface area contributed by atoms with Gasteiger partial charge in [0, 0.05) is 5.75 Å². The number of carboxylic acids is 1. The van der Waals surface area contributed by atoms with E-state index < -0.39 is 28.6 Å². The molecule has 0 radical (unpaired) electrons. The van der Waals surface area contributed by atoms with Gasteiger partial charge < -0.3 is 14.6 Å². The van der Waals surface area contributed by atoms with Crippen LogP contribution in [0.25, 0.3) is 0 Å². The predicted molar refractivity (Wildman–Crippen MR) is 88.9 cm³/mol. The van der Waals surface area contributed by atoms with Crippen molar-refractivity contribution in [2.24, 2.45) is 0 Å². The van der Waals surface area contributed by atoms with E-state index in [1.165, 1.54) is 7.11 Å². The Hall–Kier alpha value is -1.29. The monoisotopic (exact) mass is 363 g/mol. The number of hydrogen-bond acceptors (Lipinski definition) is 6. The lowest BCUT2D eigenvalue weighted by Gasteiger charge is -2.19. The van der Waals surface area contributed by atoms with Crippen molar-refractivity contribution >= 4 is 28.6 Å². The Bertz CT molecular complexity index is 636. The third-order valence-corrected chi connectivity index (χ3v) is 5.29. The zero-order valence-corrected chi connectivity index (χ0v) is 14.9. The van der Waals surface area contributed by atoms with Crippen molar-refractivity contribution in [1.82, 2.24) is 4.72 Å². The molecule has 1 aromatic carbocycles. The lowest BCUT2D eigenvalue weighted by atomic mass is 10.1. The highest BCUT2D eigenvalue weighted by Gasteiger charge is 2.24. The first kappa shape index (κ1) is 19.8. The number of carboxylic acid groups (broad SMARTS) is 1. The number of benzene rings is 1. The van der Waals surface area contributed by atoms with E-state index >= 15 is 0 Å². The third kappa shape index (κ3) is 5.69. The molecule has 1 unspecified atom stereocenters. The van der Waals surface area contributed by atoms with Crippen molar-refractivity contribution < 1.29 is 27.8 Å². The van der Waals surface area contributed by atoms with Crippen molar-refractivity contribution in [3.8, 4) is 5.75 Å². The van der Waals surface area contributed by atoms with Gasteiger partial charge in [-0.1, -0.05) is 0 Å². The van der Waals surface area contributed by atoms with E-state index in [0.29, 0.717) is 16.9 Å². The van der Waals surface area contributed by atoms with E-state index in [9.17, 15) is 13.2 Å². The SMILES string of the molecule is COc1cc(C)c(S(=O)(=O)NC(CS)COCC(=O)O)c(C)c1. The highest BCUT2D eigenvalue weighted by atomic mass is 32.2. The Balaban J connectivity index is 2.95. The molecule has 0 aliphatic heterocycles. The zero-order chi connectivity index (χ0) is 17.6. The van der Waals surface area contributed by atoms with Gasteiger partial charge in [-0.3, -0.25) is 0 Å². The van der Waals surface area contributed by atoms with Gasteiger partial charge in [0.05, 0.1) is 24.7 Å². The average molecular weight is 363 g/mol. The summed E-state index contributed by atoms with van der Waals surface area (Å²) in [5, 5.41) is 8.54. The maximum atomic E-state index is 12.6. The second-order valence-corrected chi connectivity index (χ2v) is 7.02. The second kappa shape index (κ2) is 8.53. The van der Waals surface area contributed by atoms with Crippen LogP contribution in [0.5, 0.6) is 5.75 Å². The third-order valence-electron chi connectivity index (χ3n) is 3.03. The molecule has 1 atom stereocenters. The number of aryl methyl sites for hydroxylation is 2. The van der Waals surface area contributed by atoms with E-state index in [-0.39, 0.29) is 17.3 Å². The molecule has 0 saturated heterocycles. The normalized spacial score (nSPS) is 12.9. The fourth-order valence-electron chi connectivity index (χ4n) is 2.14. The zero-order valence-electron chi connectivity index (χ0n) is 13.2. The predicted octanol–water partition coefficient (Wildman–Crippen LogP) is 0.990. The number of methoxy groups -OCH3 is 1. The summed E-state index contributed by atoms with van der Waals surface area (Å²) in [5.74, 6) is -0.366. The first-order chi connectivity index (χ1) is 10.7. The Morgan fingerprint density at radius 2 is 1.91 bits per heavy atom. The number of rotatable bonds is 9. The molecular formula is C14H21NO6S2. The highest BCUT2D eigenvalue weighted by molar-refractivity contribution is 7.89. The van der Waals surface area contributed by atoms with Gasteiger partial charge in [0.1, 0.15) is 12.4 Å². The van der Waals surface area contributed by atoms with Gasteiger partial charge >= 0.3 is 5.97 Å². The number of thiol groups is 1. The topological polar surface area (TPSA) is 102 Å². The molecule has 0 bridgehead atoms. The van der Waals surface area contributed by atoms with Crippen molar-refractivity contribution in [3.63, 3.8) is 0 Å². The van der Waals surface area contributed by atoms with Gasteiger partial charge in [0.2, 0.25) is 10.0 Å². The minimum atomic E-state index is -3.79. The summed E-state index contributed by atoms with van der Waals surface area (Å²) in [6.07, 6.45) is 0. The quantitative estimate of drug-likeness (QED) is 0.566. The lowest BCUT2D eigenvalue weighted by Crippen LogP contribution is -2.40. The smallest absolute Gasteiger partial charge is 0.329 e. The van der Waals surface area contributed by atoms with Gasteiger partial charge in [-0.15, -0.1) is 0 Å². The fourth-order valence-corrected chi connectivity index (χ4v) is 4.14. The molecule has 2 N–H and O–H groups in total. The Kier molecular flexibility index (Phi) is 7.33. The number of carbonyl (C=O) groups is 1. The van der Waals surface area contributed by atoms with Gasteiger partial charge in [0.15, 0.2) is 0 Å². The van der Waals surface area contributed by atoms with Gasteiger partial charge in [-0.25, -0.2) is 17.9 Å². The number of sulfonamides is 1. The van der Waals surface area contributed by atoms with Crippen LogP contribution in [-0.2, 0) is 19.6 Å². The summed E-state index contributed by atoms with van der Waals surface area (Å²) in [6, 6.07) is 2.64. The number of hydrogen-bond donors (Lipinski definition) is 3. The maximum absolute atomic E-state index is 12.6. The van der Waals surface area contributed by atoms with Gasteiger partial charge in [-0.2, -0.15) is 12.6 Å². The molecule has 7 nitrogen and oxygen atoms in total. The van der Waals surface area contributed by atoms with Crippen LogP contribution in [0.15, 0.2) is 17.0 Å². The van der Waals surface area contributed by atoms with Crippen molar-refractivity contribution in [1.29, 1.82) is 0 Å². The Labute approximate surface area is 141 Å². The molecule has 0 heterocycles. The van der Waals surface area contributed by atoms with Crippen LogP contribution >= 0.6 is 12.6 Å². The molecule has 130 valence electrons. The summed E-state index contributed by atoms with van der Waals surface area (Å²) >= 11 is 4.07. The van der Waals surface area contributed by atoms with Crippen molar-refractivity contribution in [2.45, 2.75) is 24.8 Å². The minimum absolute atomic E-state index is 0.0801. The Morgan fingerprint density at radius 3 is 2.35 bits per heavy atom. The van der Waals surface area contributed by atoms with Crippen molar-refractivity contribution in [2.75, 3.05) is 26.1 Å². The van der Waals surface area contributed by atoms with Crippen molar-refractivity contribution in [3.05, 3.63) is 23.3 Å². The van der Waals surface area contributed by atoms with E-state index in [1.807, 2.05) is 0 Å². The standard InChI is InChI=1S/C14H21NO6S2/c1-9-4-12(20-3)5-10(2)14(9)23(18,19)15-11(8-22)6-21-7-13(16)17/h4-5,11,15,22H,6-8H2,1-3H3,(H,16,17). The number of nitrogens with one attached hydrogen (secondary N) is 1. The summed E-state index contributed by atoms with van der Waals surface area (Å²) in [5.41, 5.74) is 1.11. The Morgan fingerprint density at radius 1 is 1.35 bits per heavy atom. The first-order valence-electron chi connectivity index (χ1n) is 6.79. The molecule has 0 fully saturated rings.